The number of thioether (sulfide) groups is 1. The number of nitrogens with zero attached hydrogens (tertiary/aromatic N) is 3. The summed E-state index contributed by atoms with van der Waals surface area (Å²) in [7, 11) is -1.28. The molecule has 1 aromatic rings. The summed E-state index contributed by atoms with van der Waals surface area (Å²) < 4.78 is 23.6. The van der Waals surface area contributed by atoms with Crippen LogP contribution in [0.2, 0.25) is 0 Å². The highest BCUT2D eigenvalue weighted by Crippen LogP contribution is 2.21. The molecule has 0 aromatic carbocycles. The molecule has 0 aliphatic carbocycles. The lowest BCUT2D eigenvalue weighted by atomic mass is 10.4. The molecule has 8 heteroatoms. The molecular formula is C11H18N4O2S2. The fourth-order valence-corrected chi connectivity index (χ4v) is 4.91. The predicted octanol–water partition coefficient (Wildman–Crippen LogP) is 0.438. The second-order valence-electron chi connectivity index (χ2n) is 4.47. The van der Waals surface area contributed by atoms with Crippen LogP contribution in [0.25, 0.3) is 0 Å². The van der Waals surface area contributed by atoms with Gasteiger partial charge in [-0.15, -0.1) is 0 Å². The summed E-state index contributed by atoms with van der Waals surface area (Å²) in [6.07, 6.45) is 4.64. The molecule has 106 valence electrons. The van der Waals surface area contributed by atoms with Crippen molar-refractivity contribution in [3.05, 3.63) is 18.1 Å². The molecule has 6 nitrogen and oxygen atoms in total. The smallest absolute Gasteiger partial charge is 0.164 e. The van der Waals surface area contributed by atoms with E-state index in [9.17, 15) is 8.42 Å². The molecule has 1 aromatic heterocycles. The van der Waals surface area contributed by atoms with E-state index in [4.69, 9.17) is 0 Å². The van der Waals surface area contributed by atoms with E-state index in [0.29, 0.717) is 18.1 Å². The Morgan fingerprint density at radius 3 is 2.84 bits per heavy atom. The number of rotatable bonds is 4. The lowest BCUT2D eigenvalue weighted by Gasteiger charge is -2.33. The van der Waals surface area contributed by atoms with Crippen molar-refractivity contribution < 1.29 is 8.42 Å². The van der Waals surface area contributed by atoms with Crippen molar-refractivity contribution in [1.82, 2.24) is 14.9 Å². The van der Waals surface area contributed by atoms with Gasteiger partial charge in [0.05, 0.1) is 18.1 Å². The number of aromatic nitrogens is 2. The first kappa shape index (κ1) is 14.5. The van der Waals surface area contributed by atoms with Gasteiger partial charge in [0.1, 0.15) is 11.2 Å². The molecule has 0 spiro atoms. The normalized spacial score (nSPS) is 21.3. The molecular weight excluding hydrogens is 284 g/mol. The molecule has 1 atom stereocenters. The Hall–Kier alpha value is -0.860. The van der Waals surface area contributed by atoms with E-state index in [-0.39, 0.29) is 0 Å². The van der Waals surface area contributed by atoms with Crippen molar-refractivity contribution in [2.24, 2.45) is 0 Å². The third-order valence-corrected chi connectivity index (χ3v) is 5.70. The SMILES string of the molecule is CNc1cnc(CN2CCSCC2S(C)(=O)=O)cn1. The van der Waals surface area contributed by atoms with Crippen LogP contribution in [0.4, 0.5) is 5.82 Å². The van der Waals surface area contributed by atoms with Gasteiger partial charge in [-0.25, -0.2) is 13.4 Å². The van der Waals surface area contributed by atoms with Crippen molar-refractivity contribution in [2.45, 2.75) is 11.9 Å². The second-order valence-corrected chi connectivity index (χ2v) is 7.83. The van der Waals surface area contributed by atoms with Crippen LogP contribution in [-0.2, 0) is 16.4 Å². The van der Waals surface area contributed by atoms with Gasteiger partial charge in [-0.2, -0.15) is 11.8 Å². The van der Waals surface area contributed by atoms with Crippen LogP contribution in [0.15, 0.2) is 12.4 Å². The molecule has 1 unspecified atom stereocenters. The summed E-state index contributed by atoms with van der Waals surface area (Å²) in [4.78, 5) is 10.5. The topological polar surface area (TPSA) is 75.2 Å². The van der Waals surface area contributed by atoms with Crippen molar-refractivity contribution in [3.8, 4) is 0 Å². The van der Waals surface area contributed by atoms with Gasteiger partial charge in [-0.1, -0.05) is 0 Å². The summed E-state index contributed by atoms with van der Waals surface area (Å²) in [6.45, 7) is 1.28. The molecule has 0 radical (unpaired) electrons. The number of hydrogen-bond acceptors (Lipinski definition) is 7. The molecule has 2 heterocycles. The van der Waals surface area contributed by atoms with Gasteiger partial charge in [0.15, 0.2) is 9.84 Å². The van der Waals surface area contributed by atoms with E-state index in [1.165, 1.54) is 6.26 Å². The number of nitrogens with one attached hydrogen (secondary N) is 1. The molecule has 1 aliphatic heterocycles. The summed E-state index contributed by atoms with van der Waals surface area (Å²) in [6, 6.07) is 0. The zero-order valence-electron chi connectivity index (χ0n) is 11.0. The summed E-state index contributed by atoms with van der Waals surface area (Å²) in [5.41, 5.74) is 0.791. The maximum absolute atomic E-state index is 11.8. The van der Waals surface area contributed by atoms with Crippen LogP contribution in [-0.4, -0.2) is 60.0 Å². The Morgan fingerprint density at radius 1 is 1.47 bits per heavy atom. The van der Waals surface area contributed by atoms with E-state index in [0.717, 1.165) is 18.0 Å². The van der Waals surface area contributed by atoms with Crippen LogP contribution in [0, 0.1) is 0 Å². The Bertz CT molecular complexity index is 518. The monoisotopic (exact) mass is 302 g/mol. The quantitative estimate of drug-likeness (QED) is 0.865. The van der Waals surface area contributed by atoms with Gasteiger partial charge in [-0.3, -0.25) is 9.88 Å². The molecule has 0 bridgehead atoms. The zero-order chi connectivity index (χ0) is 13.9. The van der Waals surface area contributed by atoms with E-state index >= 15 is 0 Å². The van der Waals surface area contributed by atoms with Crippen LogP contribution in [0.1, 0.15) is 5.69 Å². The zero-order valence-corrected chi connectivity index (χ0v) is 12.7. The minimum atomic E-state index is -3.06. The highest BCUT2D eigenvalue weighted by molar-refractivity contribution is 8.00. The van der Waals surface area contributed by atoms with E-state index in [2.05, 4.69) is 15.3 Å². The first-order valence-corrected chi connectivity index (χ1v) is 9.11. The van der Waals surface area contributed by atoms with Crippen LogP contribution >= 0.6 is 11.8 Å². The molecule has 1 saturated heterocycles. The first-order valence-electron chi connectivity index (χ1n) is 6.00. The van der Waals surface area contributed by atoms with E-state index in [1.807, 2.05) is 4.90 Å². The third-order valence-electron chi connectivity index (χ3n) is 3.01. The van der Waals surface area contributed by atoms with Gasteiger partial charge in [0.25, 0.3) is 0 Å². The summed E-state index contributed by atoms with van der Waals surface area (Å²) in [5, 5.41) is 2.48. The number of hydrogen-bond donors (Lipinski definition) is 1. The Labute approximate surface area is 117 Å². The average Bonchev–Trinajstić information content (AvgIpc) is 2.39. The number of sulfone groups is 1. The van der Waals surface area contributed by atoms with E-state index < -0.39 is 15.2 Å². The van der Waals surface area contributed by atoms with Crippen molar-refractivity contribution in [2.75, 3.05) is 36.7 Å². The standard InChI is InChI=1S/C11H18N4O2S2/c1-12-10-6-13-9(5-14-10)7-15-3-4-18-8-11(15)19(2,16)17/h5-6,11H,3-4,7-8H2,1-2H3,(H,12,14). The van der Waals surface area contributed by atoms with Gasteiger partial charge >= 0.3 is 0 Å². The van der Waals surface area contributed by atoms with Crippen LogP contribution in [0.5, 0.6) is 0 Å². The molecule has 0 saturated carbocycles. The third kappa shape index (κ3) is 3.80. The highest BCUT2D eigenvalue weighted by atomic mass is 32.2. The van der Waals surface area contributed by atoms with Crippen LogP contribution in [0.3, 0.4) is 0 Å². The Kier molecular flexibility index (Phi) is 4.64. The fourth-order valence-electron chi connectivity index (χ4n) is 1.96. The van der Waals surface area contributed by atoms with Crippen molar-refractivity contribution >= 4 is 27.4 Å². The molecule has 1 fully saturated rings. The minimum absolute atomic E-state index is 0.419. The van der Waals surface area contributed by atoms with E-state index in [1.54, 1.807) is 31.2 Å². The van der Waals surface area contributed by atoms with Gasteiger partial charge < -0.3 is 5.32 Å². The predicted molar refractivity (Wildman–Crippen MR) is 77.9 cm³/mol. The maximum atomic E-state index is 11.8. The Balaban J connectivity index is 2.10. The van der Waals surface area contributed by atoms with Crippen LogP contribution < -0.4 is 5.32 Å². The van der Waals surface area contributed by atoms with Gasteiger partial charge in [0, 0.05) is 37.9 Å². The minimum Gasteiger partial charge on any atom is -0.372 e. The summed E-state index contributed by atoms with van der Waals surface area (Å²) >= 11 is 1.68. The second kappa shape index (κ2) is 6.06. The molecule has 1 N–H and O–H groups in total. The van der Waals surface area contributed by atoms with Crippen molar-refractivity contribution in [3.63, 3.8) is 0 Å². The lowest BCUT2D eigenvalue weighted by Crippen LogP contribution is -2.46. The van der Waals surface area contributed by atoms with Crippen molar-refractivity contribution in [1.29, 1.82) is 0 Å². The first-order chi connectivity index (χ1) is 9.00. The molecule has 0 amide bonds. The fraction of sp³-hybridized carbons (Fsp3) is 0.636. The van der Waals surface area contributed by atoms with Gasteiger partial charge in [0.2, 0.25) is 0 Å². The van der Waals surface area contributed by atoms with Gasteiger partial charge in [-0.05, 0) is 0 Å². The molecule has 2 rings (SSSR count). The number of anilines is 1. The highest BCUT2D eigenvalue weighted by Gasteiger charge is 2.31. The maximum Gasteiger partial charge on any atom is 0.164 e. The molecule has 19 heavy (non-hydrogen) atoms. The Morgan fingerprint density at radius 2 is 2.26 bits per heavy atom. The summed E-state index contributed by atoms with van der Waals surface area (Å²) in [5.74, 6) is 2.28. The average molecular weight is 302 g/mol. The lowest BCUT2D eigenvalue weighted by molar-refractivity contribution is 0.259. The largest absolute Gasteiger partial charge is 0.372 e. The molecule has 1 aliphatic rings.